The second-order valence-corrected chi connectivity index (χ2v) is 5.40. The summed E-state index contributed by atoms with van der Waals surface area (Å²) in [4.78, 5) is 10.8. The van der Waals surface area contributed by atoms with Gasteiger partial charge in [0, 0.05) is 13.0 Å². The third-order valence-electron chi connectivity index (χ3n) is 3.33. The quantitative estimate of drug-likeness (QED) is 0.815. The second-order valence-electron chi connectivity index (χ2n) is 5.40. The molecule has 0 fully saturated rings. The van der Waals surface area contributed by atoms with Gasteiger partial charge in [-0.3, -0.25) is 0 Å². The van der Waals surface area contributed by atoms with Crippen LogP contribution < -0.4 is 4.74 Å². The zero-order valence-corrected chi connectivity index (χ0v) is 14.4. The van der Waals surface area contributed by atoms with Crippen LogP contribution in [0.3, 0.4) is 0 Å². The molecule has 2 rings (SSSR count). The number of carbonyl (C=O) groups excluding carboxylic acids is 1. The number of ketones is 1. The summed E-state index contributed by atoms with van der Waals surface area (Å²) < 4.78 is 5.25. The molecule has 2 aromatic rings. The highest BCUT2D eigenvalue weighted by Crippen LogP contribution is 2.27. The van der Waals surface area contributed by atoms with Gasteiger partial charge in [-0.25, -0.2) is 0 Å². The molecule has 0 amide bonds. The van der Waals surface area contributed by atoms with E-state index in [4.69, 9.17) is 9.84 Å². The van der Waals surface area contributed by atoms with Gasteiger partial charge < -0.3 is 19.7 Å². The minimum Gasteiger partial charge on any atom is -0.504 e. The highest BCUT2D eigenvalue weighted by molar-refractivity contribution is 5.75. The molecule has 0 saturated heterocycles. The van der Waals surface area contributed by atoms with E-state index < -0.39 is 0 Å². The number of phenolic OH excluding ortho intramolecular Hbond substituents is 1. The number of aryl methyl sites for hydroxylation is 1. The van der Waals surface area contributed by atoms with Gasteiger partial charge in [-0.05, 0) is 49.9 Å². The number of aliphatic hydroxyl groups is 1. The summed E-state index contributed by atoms with van der Waals surface area (Å²) in [7, 11) is 0. The fourth-order valence-electron chi connectivity index (χ4n) is 2.08. The Morgan fingerprint density at radius 1 is 1.04 bits per heavy atom. The van der Waals surface area contributed by atoms with Crippen LogP contribution in [0.1, 0.15) is 31.4 Å². The maximum atomic E-state index is 10.8. The van der Waals surface area contributed by atoms with Gasteiger partial charge >= 0.3 is 0 Å². The number of hydrogen-bond donors (Lipinski definition) is 2. The summed E-state index contributed by atoms with van der Waals surface area (Å²) in [6, 6.07) is 15.1. The maximum absolute atomic E-state index is 10.8. The first-order valence-corrected chi connectivity index (χ1v) is 8.15. The molecule has 0 unspecified atom stereocenters. The molecular formula is C20H26O4. The molecule has 0 radical (unpaired) electrons. The van der Waals surface area contributed by atoms with E-state index in [-0.39, 0.29) is 18.1 Å². The minimum absolute atomic E-state index is 0.142. The van der Waals surface area contributed by atoms with Gasteiger partial charge in [0.1, 0.15) is 5.78 Å². The van der Waals surface area contributed by atoms with Crippen LogP contribution in [0.25, 0.3) is 0 Å². The third kappa shape index (κ3) is 7.79. The summed E-state index contributed by atoms with van der Waals surface area (Å²) in [6.45, 7) is 4.19. The molecule has 4 heteroatoms. The lowest BCUT2D eigenvalue weighted by atomic mass is 10.1. The highest BCUT2D eigenvalue weighted by atomic mass is 16.5. The van der Waals surface area contributed by atoms with Crippen LogP contribution in [-0.4, -0.2) is 29.2 Å². The zero-order valence-electron chi connectivity index (χ0n) is 14.4. The monoisotopic (exact) mass is 330 g/mol. The van der Waals surface area contributed by atoms with E-state index in [1.54, 1.807) is 25.1 Å². The molecular weight excluding hydrogens is 304 g/mol. The van der Waals surface area contributed by atoms with Crippen molar-refractivity contribution in [1.29, 1.82) is 0 Å². The molecule has 0 aromatic heterocycles. The lowest BCUT2D eigenvalue weighted by Gasteiger charge is -2.07. The van der Waals surface area contributed by atoms with Crippen molar-refractivity contribution in [3.05, 3.63) is 59.7 Å². The van der Waals surface area contributed by atoms with Gasteiger partial charge in [0.15, 0.2) is 11.5 Å². The Bertz CT molecular complexity index is 608. The molecule has 0 aliphatic carbocycles. The van der Waals surface area contributed by atoms with Crippen LogP contribution in [0, 0.1) is 0 Å². The van der Waals surface area contributed by atoms with Crippen LogP contribution >= 0.6 is 0 Å². The molecule has 0 atom stereocenters. The number of phenols is 1. The molecule has 4 nitrogen and oxygen atoms in total. The molecule has 130 valence electrons. The lowest BCUT2D eigenvalue weighted by molar-refractivity contribution is -0.116. The van der Waals surface area contributed by atoms with Gasteiger partial charge in [-0.1, -0.05) is 36.4 Å². The topological polar surface area (TPSA) is 66.8 Å². The zero-order chi connectivity index (χ0) is 17.8. The Morgan fingerprint density at radius 3 is 2.33 bits per heavy atom. The summed E-state index contributed by atoms with van der Waals surface area (Å²) in [5.74, 6) is 0.794. The average molecular weight is 330 g/mol. The SMILES string of the molecule is CCOc1cc(CCC(C)=O)ccc1O.OCCc1ccccc1. The molecule has 2 N–H and O–H groups in total. The number of hydrogen-bond acceptors (Lipinski definition) is 4. The Balaban J connectivity index is 0.000000272. The number of ether oxygens (including phenoxy) is 1. The summed E-state index contributed by atoms with van der Waals surface area (Å²) in [5, 5.41) is 18.0. The predicted molar refractivity (Wildman–Crippen MR) is 95.5 cm³/mol. The molecule has 0 aliphatic heterocycles. The lowest BCUT2D eigenvalue weighted by Crippen LogP contribution is -1.96. The highest BCUT2D eigenvalue weighted by Gasteiger charge is 2.04. The number of aliphatic hydroxyl groups excluding tert-OH is 1. The van der Waals surface area contributed by atoms with Crippen molar-refractivity contribution >= 4 is 5.78 Å². The molecule has 0 spiro atoms. The number of aromatic hydroxyl groups is 1. The fraction of sp³-hybridized carbons (Fsp3) is 0.350. The van der Waals surface area contributed by atoms with Gasteiger partial charge in [0.2, 0.25) is 0 Å². The smallest absolute Gasteiger partial charge is 0.161 e. The Labute approximate surface area is 143 Å². The number of carbonyl (C=O) groups is 1. The molecule has 0 aliphatic rings. The van der Waals surface area contributed by atoms with Crippen LogP contribution in [0.15, 0.2) is 48.5 Å². The maximum Gasteiger partial charge on any atom is 0.161 e. The Morgan fingerprint density at radius 2 is 1.75 bits per heavy atom. The van der Waals surface area contributed by atoms with Crippen molar-refractivity contribution in [2.75, 3.05) is 13.2 Å². The first-order chi connectivity index (χ1) is 11.6. The Hall–Kier alpha value is -2.33. The van der Waals surface area contributed by atoms with Crippen molar-refractivity contribution < 1.29 is 19.7 Å². The van der Waals surface area contributed by atoms with Crippen LogP contribution in [-0.2, 0) is 17.6 Å². The van der Waals surface area contributed by atoms with Crippen molar-refractivity contribution in [2.24, 2.45) is 0 Å². The Kier molecular flexibility index (Phi) is 9.24. The van der Waals surface area contributed by atoms with Crippen molar-refractivity contribution in [3.63, 3.8) is 0 Å². The van der Waals surface area contributed by atoms with E-state index in [1.165, 1.54) is 5.56 Å². The number of rotatable bonds is 7. The molecule has 0 heterocycles. The van der Waals surface area contributed by atoms with E-state index in [1.807, 2.05) is 37.3 Å². The predicted octanol–water partition coefficient (Wildman–Crippen LogP) is 3.53. The second kappa shape index (κ2) is 11.2. The molecule has 0 saturated carbocycles. The standard InChI is InChI=1S/C12H16O3.C8H10O/c1-3-15-12-8-10(5-4-9(2)13)6-7-11(12)14;9-7-6-8-4-2-1-3-5-8/h6-8,14H,3-5H2,1-2H3;1-5,9H,6-7H2. The average Bonchev–Trinajstić information content (AvgIpc) is 2.57. The number of Topliss-reactive ketones (excluding diaryl/α,β-unsaturated/α-hetero) is 1. The van der Waals surface area contributed by atoms with Crippen LogP contribution in [0.2, 0.25) is 0 Å². The van der Waals surface area contributed by atoms with Gasteiger partial charge in [0.25, 0.3) is 0 Å². The van der Waals surface area contributed by atoms with E-state index in [2.05, 4.69) is 0 Å². The molecule has 24 heavy (non-hydrogen) atoms. The number of benzene rings is 2. The summed E-state index contributed by atoms with van der Waals surface area (Å²) in [5.41, 5.74) is 2.20. The summed E-state index contributed by atoms with van der Waals surface area (Å²) >= 11 is 0. The van der Waals surface area contributed by atoms with Crippen LogP contribution in [0.4, 0.5) is 0 Å². The summed E-state index contributed by atoms with van der Waals surface area (Å²) in [6.07, 6.45) is 1.98. The van der Waals surface area contributed by atoms with E-state index in [0.717, 1.165) is 12.0 Å². The van der Waals surface area contributed by atoms with E-state index in [9.17, 15) is 9.90 Å². The third-order valence-corrected chi connectivity index (χ3v) is 3.33. The normalized spacial score (nSPS) is 9.79. The van der Waals surface area contributed by atoms with Crippen LogP contribution in [0.5, 0.6) is 11.5 Å². The van der Waals surface area contributed by atoms with E-state index in [0.29, 0.717) is 25.2 Å². The van der Waals surface area contributed by atoms with Crippen molar-refractivity contribution in [1.82, 2.24) is 0 Å². The first-order valence-electron chi connectivity index (χ1n) is 8.15. The van der Waals surface area contributed by atoms with Crippen molar-refractivity contribution in [2.45, 2.75) is 33.1 Å². The van der Waals surface area contributed by atoms with Gasteiger partial charge in [-0.15, -0.1) is 0 Å². The largest absolute Gasteiger partial charge is 0.504 e. The molecule has 0 bridgehead atoms. The van der Waals surface area contributed by atoms with Gasteiger partial charge in [-0.2, -0.15) is 0 Å². The van der Waals surface area contributed by atoms with Gasteiger partial charge in [0.05, 0.1) is 6.61 Å². The molecule has 2 aromatic carbocycles. The minimum atomic E-state index is 0.142. The van der Waals surface area contributed by atoms with Crippen molar-refractivity contribution in [3.8, 4) is 11.5 Å². The first kappa shape index (κ1) is 19.7. The fourth-order valence-corrected chi connectivity index (χ4v) is 2.08. The van der Waals surface area contributed by atoms with E-state index >= 15 is 0 Å².